The van der Waals surface area contributed by atoms with Crippen molar-refractivity contribution in [3.63, 3.8) is 0 Å². The van der Waals surface area contributed by atoms with Crippen molar-refractivity contribution in [2.45, 2.75) is 32.3 Å². The van der Waals surface area contributed by atoms with Crippen molar-refractivity contribution in [3.8, 4) is 5.75 Å². The second-order valence-electron chi connectivity index (χ2n) is 5.19. The number of alkyl carbamates (subject to hydrolysis) is 1. The Morgan fingerprint density at radius 2 is 2.29 bits per heavy atom. The van der Waals surface area contributed by atoms with Crippen LogP contribution in [-0.4, -0.2) is 31.3 Å². The molecule has 0 aromatic heterocycles. The van der Waals surface area contributed by atoms with Gasteiger partial charge >= 0.3 is 6.09 Å². The number of hydrogen-bond acceptors (Lipinski definition) is 4. The van der Waals surface area contributed by atoms with E-state index in [1.54, 1.807) is 0 Å². The second-order valence-corrected chi connectivity index (χ2v) is 5.19. The number of nitrogens with one attached hydrogen (secondary N) is 2. The fourth-order valence-electron chi connectivity index (χ4n) is 2.77. The van der Waals surface area contributed by atoms with E-state index in [4.69, 9.17) is 9.47 Å². The molecule has 3 rings (SSSR count). The number of anilines is 1. The summed E-state index contributed by atoms with van der Waals surface area (Å²) in [5, 5.41) is 5.48. The van der Waals surface area contributed by atoms with Crippen LogP contribution in [0.2, 0.25) is 0 Å². The fraction of sp³-hybridized carbons (Fsp3) is 0.467. The maximum absolute atomic E-state index is 11.5. The first kappa shape index (κ1) is 13.7. The summed E-state index contributed by atoms with van der Waals surface area (Å²) in [6.45, 7) is 2.73. The van der Waals surface area contributed by atoms with E-state index in [0.717, 1.165) is 22.6 Å². The predicted octanol–water partition coefficient (Wildman–Crippen LogP) is 1.62. The molecule has 1 unspecified atom stereocenters. The molecule has 0 fully saturated rings. The van der Waals surface area contributed by atoms with Gasteiger partial charge < -0.3 is 20.1 Å². The highest BCUT2D eigenvalue weighted by Gasteiger charge is 2.28. The molecule has 1 aromatic rings. The smallest absolute Gasteiger partial charge is 0.407 e. The van der Waals surface area contributed by atoms with Gasteiger partial charge in [0.05, 0.1) is 0 Å². The fourth-order valence-corrected chi connectivity index (χ4v) is 2.77. The van der Waals surface area contributed by atoms with Crippen molar-refractivity contribution in [2.24, 2.45) is 0 Å². The number of fused-ring (bicyclic) bond motifs is 3. The third-order valence-corrected chi connectivity index (χ3v) is 3.72. The van der Waals surface area contributed by atoms with Crippen LogP contribution in [0.25, 0.3) is 0 Å². The standard InChI is InChI=1S/C15H18N2O4/c1-2-16-15(19)21-9-7-11-10-3-6-14(18)17-12(10)4-5-13(11)20-8-9/h4-5,9H,2-3,6-8H2,1H3,(H,16,19)(H,17,18). The average Bonchev–Trinajstić information content (AvgIpc) is 2.47. The largest absolute Gasteiger partial charge is 0.489 e. The maximum atomic E-state index is 11.5. The van der Waals surface area contributed by atoms with Gasteiger partial charge in [-0.15, -0.1) is 0 Å². The zero-order valence-corrected chi connectivity index (χ0v) is 11.9. The third kappa shape index (κ3) is 2.79. The van der Waals surface area contributed by atoms with Crippen molar-refractivity contribution >= 4 is 17.7 Å². The number of carbonyl (C=O) groups is 2. The van der Waals surface area contributed by atoms with Gasteiger partial charge in [-0.1, -0.05) is 0 Å². The quantitative estimate of drug-likeness (QED) is 0.867. The van der Waals surface area contributed by atoms with Gasteiger partial charge in [0, 0.05) is 30.6 Å². The molecule has 0 saturated heterocycles. The lowest BCUT2D eigenvalue weighted by Gasteiger charge is -2.29. The third-order valence-electron chi connectivity index (χ3n) is 3.72. The van der Waals surface area contributed by atoms with Crippen molar-refractivity contribution < 1.29 is 19.1 Å². The predicted molar refractivity (Wildman–Crippen MR) is 76.5 cm³/mol. The number of rotatable bonds is 2. The molecule has 1 atom stereocenters. The molecule has 0 saturated carbocycles. The van der Waals surface area contributed by atoms with Crippen LogP contribution >= 0.6 is 0 Å². The van der Waals surface area contributed by atoms with Crippen LogP contribution < -0.4 is 15.4 Å². The zero-order chi connectivity index (χ0) is 14.8. The molecule has 21 heavy (non-hydrogen) atoms. The van der Waals surface area contributed by atoms with Crippen LogP contribution in [0.1, 0.15) is 24.5 Å². The molecule has 2 amide bonds. The number of amides is 2. The highest BCUT2D eigenvalue weighted by Crippen LogP contribution is 2.36. The molecule has 6 heteroatoms. The SMILES string of the molecule is CCNC(=O)OC1COc2ccc3c(c2C1)CCC(=O)N3. The van der Waals surface area contributed by atoms with Crippen LogP contribution in [0.15, 0.2) is 12.1 Å². The number of benzene rings is 1. The van der Waals surface area contributed by atoms with Crippen molar-refractivity contribution in [3.05, 3.63) is 23.3 Å². The lowest BCUT2D eigenvalue weighted by atomic mass is 9.92. The van der Waals surface area contributed by atoms with Gasteiger partial charge in [-0.2, -0.15) is 0 Å². The van der Waals surface area contributed by atoms with Crippen molar-refractivity contribution in [1.29, 1.82) is 0 Å². The van der Waals surface area contributed by atoms with E-state index in [2.05, 4.69) is 10.6 Å². The zero-order valence-electron chi connectivity index (χ0n) is 11.9. The molecule has 2 heterocycles. The monoisotopic (exact) mass is 290 g/mol. The Balaban J connectivity index is 1.79. The Hall–Kier alpha value is -2.24. The van der Waals surface area contributed by atoms with E-state index < -0.39 is 6.09 Å². The summed E-state index contributed by atoms with van der Waals surface area (Å²) in [6, 6.07) is 3.73. The molecule has 0 radical (unpaired) electrons. The van der Waals surface area contributed by atoms with Gasteiger partial charge in [0.15, 0.2) is 0 Å². The van der Waals surface area contributed by atoms with E-state index >= 15 is 0 Å². The first-order chi connectivity index (χ1) is 10.2. The molecule has 2 N–H and O–H groups in total. The minimum atomic E-state index is -0.423. The Morgan fingerprint density at radius 1 is 1.43 bits per heavy atom. The van der Waals surface area contributed by atoms with Crippen molar-refractivity contribution in [1.82, 2.24) is 5.32 Å². The highest BCUT2D eigenvalue weighted by atomic mass is 16.6. The second kappa shape index (κ2) is 5.63. The Morgan fingerprint density at radius 3 is 3.10 bits per heavy atom. The van der Waals surface area contributed by atoms with Gasteiger partial charge in [-0.25, -0.2) is 4.79 Å². The molecular weight excluding hydrogens is 272 g/mol. The molecule has 2 aliphatic rings. The van der Waals surface area contributed by atoms with Crippen LogP contribution in [0.3, 0.4) is 0 Å². The van der Waals surface area contributed by atoms with E-state index in [1.165, 1.54) is 0 Å². The van der Waals surface area contributed by atoms with Gasteiger partial charge in [0.2, 0.25) is 5.91 Å². The molecule has 0 aliphatic carbocycles. The summed E-state index contributed by atoms with van der Waals surface area (Å²) in [6.07, 6.45) is 1.07. The highest BCUT2D eigenvalue weighted by molar-refractivity contribution is 5.94. The Bertz CT molecular complexity index is 585. The lowest BCUT2D eigenvalue weighted by molar-refractivity contribution is -0.116. The minimum absolute atomic E-state index is 0.0364. The normalized spacial score (nSPS) is 19.7. The molecule has 1 aromatic carbocycles. The first-order valence-electron chi connectivity index (χ1n) is 7.19. The van der Waals surface area contributed by atoms with E-state index in [0.29, 0.717) is 32.4 Å². The molecule has 0 spiro atoms. The van der Waals surface area contributed by atoms with Crippen LogP contribution in [0, 0.1) is 0 Å². The Kier molecular flexibility index (Phi) is 3.68. The molecule has 0 bridgehead atoms. The summed E-state index contributed by atoms with van der Waals surface area (Å²) < 4.78 is 11.0. The van der Waals surface area contributed by atoms with Crippen LogP contribution in [0.4, 0.5) is 10.5 Å². The molecule has 6 nitrogen and oxygen atoms in total. The number of ether oxygens (including phenoxy) is 2. The van der Waals surface area contributed by atoms with Crippen molar-refractivity contribution in [2.75, 3.05) is 18.5 Å². The minimum Gasteiger partial charge on any atom is -0.489 e. The topological polar surface area (TPSA) is 76.7 Å². The van der Waals surface area contributed by atoms with Gasteiger partial charge in [-0.3, -0.25) is 4.79 Å². The van der Waals surface area contributed by atoms with Gasteiger partial charge in [0.25, 0.3) is 0 Å². The number of carbonyl (C=O) groups excluding carboxylic acids is 2. The van der Waals surface area contributed by atoms with Crippen LogP contribution in [-0.2, 0) is 22.4 Å². The van der Waals surface area contributed by atoms with Gasteiger partial charge in [-0.05, 0) is 31.0 Å². The molecule has 2 aliphatic heterocycles. The van der Waals surface area contributed by atoms with Crippen LogP contribution in [0.5, 0.6) is 5.75 Å². The van der Waals surface area contributed by atoms with Gasteiger partial charge in [0.1, 0.15) is 18.5 Å². The average molecular weight is 290 g/mol. The maximum Gasteiger partial charge on any atom is 0.407 e. The summed E-state index contributed by atoms with van der Waals surface area (Å²) in [4.78, 5) is 23.0. The number of hydrogen-bond donors (Lipinski definition) is 2. The summed E-state index contributed by atoms with van der Waals surface area (Å²) >= 11 is 0. The van der Waals surface area contributed by atoms with E-state index in [1.807, 2.05) is 19.1 Å². The Labute approximate surface area is 122 Å². The first-order valence-corrected chi connectivity index (χ1v) is 7.19. The van der Waals surface area contributed by atoms with E-state index in [9.17, 15) is 9.59 Å². The summed E-state index contributed by atoms with van der Waals surface area (Å²) in [7, 11) is 0. The lowest BCUT2D eigenvalue weighted by Crippen LogP contribution is -2.36. The summed E-state index contributed by atoms with van der Waals surface area (Å²) in [5.74, 6) is 0.856. The summed E-state index contributed by atoms with van der Waals surface area (Å²) in [5.41, 5.74) is 2.97. The van der Waals surface area contributed by atoms with E-state index in [-0.39, 0.29) is 12.0 Å². The molecular formula is C15H18N2O4. The molecule has 112 valence electrons.